The zero-order chi connectivity index (χ0) is 37.2. The lowest BCUT2D eigenvalue weighted by molar-refractivity contribution is 0.0310. The van der Waals surface area contributed by atoms with Crippen molar-refractivity contribution < 1.29 is 23.1 Å². The van der Waals surface area contributed by atoms with Crippen molar-refractivity contribution in [3.63, 3.8) is 0 Å². The van der Waals surface area contributed by atoms with Gasteiger partial charge in [-0.05, 0) is 75.3 Å². The van der Waals surface area contributed by atoms with E-state index >= 15 is 0 Å². The quantitative estimate of drug-likeness (QED) is 0.260. The molecule has 296 valence electrons. The first-order valence-electron chi connectivity index (χ1n) is 19.3. The zero-order valence-electron chi connectivity index (χ0n) is 33.7. The smallest absolute Gasteiger partial charge is 0.118 e. The lowest BCUT2D eigenvalue weighted by atomic mass is 9.94. The Labute approximate surface area is 316 Å². The van der Waals surface area contributed by atoms with Gasteiger partial charge >= 0.3 is 0 Å². The van der Waals surface area contributed by atoms with E-state index in [1.54, 1.807) is 0 Å². The SMILES string of the molecule is C.CC(C)(C)c1ccc(CN2CCC(CO)CC2)o1.CC(C)(C)c1ccc(CN2CCOCC2)o1.CN1CCN(Cc2ccc(C(C)(C)C)o2)CC1. The average Bonchev–Trinajstić information content (AvgIpc) is 3.85. The predicted molar refractivity (Wildman–Crippen MR) is 213 cm³/mol. The molecular weight excluding hydrogens is 652 g/mol. The lowest BCUT2D eigenvalue weighted by Crippen LogP contribution is -2.43. The number of nitrogens with zero attached hydrogens (tertiary/aromatic N) is 4. The van der Waals surface area contributed by atoms with Gasteiger partial charge in [0.25, 0.3) is 0 Å². The van der Waals surface area contributed by atoms with Crippen LogP contribution in [0.4, 0.5) is 0 Å². The highest BCUT2D eigenvalue weighted by molar-refractivity contribution is 5.16. The van der Waals surface area contributed by atoms with Gasteiger partial charge in [-0.15, -0.1) is 0 Å². The molecule has 3 saturated heterocycles. The molecule has 9 nitrogen and oxygen atoms in total. The van der Waals surface area contributed by atoms with E-state index in [0.29, 0.717) is 12.5 Å². The molecule has 9 heteroatoms. The largest absolute Gasteiger partial charge is 0.464 e. The van der Waals surface area contributed by atoms with Crippen LogP contribution in [0.2, 0.25) is 0 Å². The monoisotopic (exact) mass is 727 g/mol. The van der Waals surface area contributed by atoms with Crippen molar-refractivity contribution in [2.75, 3.05) is 79.2 Å². The van der Waals surface area contributed by atoms with E-state index in [4.69, 9.17) is 23.1 Å². The Morgan fingerprint density at radius 1 is 0.538 bits per heavy atom. The van der Waals surface area contributed by atoms with Crippen molar-refractivity contribution in [3.05, 3.63) is 71.0 Å². The highest BCUT2D eigenvalue weighted by Crippen LogP contribution is 2.27. The molecule has 0 saturated carbocycles. The van der Waals surface area contributed by atoms with Crippen LogP contribution in [-0.4, -0.2) is 104 Å². The van der Waals surface area contributed by atoms with Crippen molar-refractivity contribution in [1.82, 2.24) is 19.6 Å². The maximum atomic E-state index is 9.12. The summed E-state index contributed by atoms with van der Waals surface area (Å²) in [5.74, 6) is 6.93. The summed E-state index contributed by atoms with van der Waals surface area (Å²) >= 11 is 0. The minimum atomic E-state index is 0. The van der Waals surface area contributed by atoms with Crippen molar-refractivity contribution in [2.45, 2.75) is 118 Å². The molecule has 3 fully saturated rings. The summed E-state index contributed by atoms with van der Waals surface area (Å²) in [6.45, 7) is 33.1. The van der Waals surface area contributed by atoms with Gasteiger partial charge in [-0.25, -0.2) is 0 Å². The Morgan fingerprint density at radius 3 is 1.21 bits per heavy atom. The maximum absolute atomic E-state index is 9.12. The van der Waals surface area contributed by atoms with E-state index < -0.39 is 0 Å². The fourth-order valence-electron chi connectivity index (χ4n) is 6.35. The third-order valence-electron chi connectivity index (χ3n) is 10.0. The normalized spacial score (nSPS) is 19.0. The van der Waals surface area contributed by atoms with E-state index in [9.17, 15) is 0 Å². The number of morpholine rings is 1. The minimum Gasteiger partial charge on any atom is -0.464 e. The molecule has 3 aromatic rings. The van der Waals surface area contributed by atoms with Crippen molar-refractivity contribution in [3.8, 4) is 0 Å². The molecule has 3 aliphatic rings. The Bertz CT molecular complexity index is 1400. The van der Waals surface area contributed by atoms with E-state index in [0.717, 1.165) is 133 Å². The zero-order valence-corrected chi connectivity index (χ0v) is 33.7. The number of piperazine rings is 1. The first-order valence-corrected chi connectivity index (χ1v) is 19.3. The first kappa shape index (κ1) is 44.0. The van der Waals surface area contributed by atoms with Crippen molar-refractivity contribution in [2.24, 2.45) is 5.92 Å². The number of aliphatic hydroxyl groups excluding tert-OH is 1. The molecule has 0 bridgehead atoms. The Kier molecular flexibility index (Phi) is 16.7. The van der Waals surface area contributed by atoms with Crippen LogP contribution in [0.15, 0.2) is 49.6 Å². The highest BCUT2D eigenvalue weighted by Gasteiger charge is 2.23. The molecule has 3 aliphatic heterocycles. The molecule has 0 atom stereocenters. The second-order valence-corrected chi connectivity index (χ2v) is 17.9. The molecular formula is C43H74N4O5. The number of rotatable bonds is 7. The third-order valence-corrected chi connectivity index (χ3v) is 10.0. The summed E-state index contributed by atoms with van der Waals surface area (Å²) in [5.41, 5.74) is 0.297. The maximum Gasteiger partial charge on any atom is 0.118 e. The van der Waals surface area contributed by atoms with Crippen LogP contribution in [0.1, 0.15) is 117 Å². The molecule has 0 spiro atoms. The number of likely N-dealkylation sites (tertiary alicyclic amines) is 1. The number of hydrogen-bond acceptors (Lipinski definition) is 9. The second-order valence-electron chi connectivity index (χ2n) is 17.9. The van der Waals surface area contributed by atoms with Gasteiger partial charge in [0.1, 0.15) is 34.6 Å². The molecule has 0 aromatic carbocycles. The molecule has 6 rings (SSSR count). The second kappa shape index (κ2) is 19.8. The summed E-state index contributed by atoms with van der Waals surface area (Å²) in [7, 11) is 2.18. The number of ether oxygens (including phenoxy) is 1. The number of likely N-dealkylation sites (N-methyl/N-ethyl adjacent to an activating group) is 1. The molecule has 3 aromatic heterocycles. The number of furan rings is 3. The minimum absolute atomic E-state index is 0. The summed E-state index contributed by atoms with van der Waals surface area (Å²) in [4.78, 5) is 9.62. The van der Waals surface area contributed by atoms with Crippen LogP contribution < -0.4 is 0 Å². The van der Waals surface area contributed by atoms with Crippen LogP contribution in [0.5, 0.6) is 0 Å². The topological polar surface area (TPSA) is 81.8 Å². The fourth-order valence-corrected chi connectivity index (χ4v) is 6.35. The van der Waals surface area contributed by atoms with Crippen LogP contribution in [0, 0.1) is 5.92 Å². The molecule has 0 aliphatic carbocycles. The van der Waals surface area contributed by atoms with Crippen LogP contribution in [-0.2, 0) is 40.6 Å². The molecule has 6 heterocycles. The van der Waals surface area contributed by atoms with Crippen molar-refractivity contribution >= 4 is 0 Å². The molecule has 0 radical (unpaired) electrons. The van der Waals surface area contributed by atoms with Gasteiger partial charge in [-0.2, -0.15) is 0 Å². The molecule has 0 unspecified atom stereocenters. The van der Waals surface area contributed by atoms with Crippen molar-refractivity contribution in [1.29, 1.82) is 0 Å². The third kappa shape index (κ3) is 14.4. The summed E-state index contributed by atoms with van der Waals surface area (Å²) < 4.78 is 23.0. The summed E-state index contributed by atoms with van der Waals surface area (Å²) in [6.07, 6.45) is 2.20. The lowest BCUT2D eigenvalue weighted by Gasteiger charge is -2.31. The number of aliphatic hydroxyl groups is 1. The Hall–Kier alpha value is -2.40. The van der Waals surface area contributed by atoms with Gasteiger partial charge in [-0.1, -0.05) is 69.7 Å². The summed E-state index contributed by atoms with van der Waals surface area (Å²) in [5, 5.41) is 9.12. The van der Waals surface area contributed by atoms with Gasteiger partial charge < -0.3 is 28.0 Å². The van der Waals surface area contributed by atoms with Crippen LogP contribution >= 0.6 is 0 Å². The van der Waals surface area contributed by atoms with Gasteiger partial charge in [0, 0.05) is 62.1 Å². The highest BCUT2D eigenvalue weighted by atomic mass is 16.5. The van der Waals surface area contributed by atoms with Gasteiger partial charge in [-0.3, -0.25) is 14.7 Å². The molecule has 52 heavy (non-hydrogen) atoms. The van der Waals surface area contributed by atoms with E-state index in [-0.39, 0.29) is 23.7 Å². The van der Waals surface area contributed by atoms with E-state index in [2.05, 4.69) is 125 Å². The first-order chi connectivity index (χ1) is 24.0. The predicted octanol–water partition coefficient (Wildman–Crippen LogP) is 8.15. The standard InChI is InChI=1S/C15H25NO2.C14H24N2O.C13H21NO2.CH4/c1-15(2,3)14-5-4-13(18-14)10-16-8-6-12(11-17)7-9-16;1-14(2,3)13-6-5-12(17-13)11-16-9-7-15(4)8-10-16;1-13(2,3)12-5-4-11(16-12)10-14-6-8-15-9-7-14;/h4-5,12,17H,6-11H2,1-3H3;5-6H,7-11H2,1-4H3;4-5H,6-10H2,1-3H3;1H4. The number of piperidine rings is 1. The van der Waals surface area contributed by atoms with E-state index in [1.165, 1.54) is 0 Å². The average molecular weight is 727 g/mol. The number of hydrogen-bond donors (Lipinski definition) is 1. The fraction of sp³-hybridized carbons (Fsp3) is 0.721. The Morgan fingerprint density at radius 2 is 0.885 bits per heavy atom. The molecule has 1 N–H and O–H groups in total. The van der Waals surface area contributed by atoms with Crippen LogP contribution in [0.25, 0.3) is 0 Å². The Balaban J connectivity index is 0.000000209. The summed E-state index contributed by atoms with van der Waals surface area (Å²) in [6, 6.07) is 12.6. The van der Waals surface area contributed by atoms with Crippen LogP contribution in [0.3, 0.4) is 0 Å². The van der Waals surface area contributed by atoms with Gasteiger partial charge in [0.15, 0.2) is 0 Å². The van der Waals surface area contributed by atoms with E-state index in [1.807, 2.05) is 0 Å². The van der Waals surface area contributed by atoms with Gasteiger partial charge in [0.05, 0.1) is 32.8 Å². The van der Waals surface area contributed by atoms with Gasteiger partial charge in [0.2, 0.25) is 0 Å². The molecule has 0 amide bonds.